The van der Waals surface area contributed by atoms with E-state index in [1.807, 2.05) is 35.9 Å². The Morgan fingerprint density at radius 1 is 1.30 bits per heavy atom. The highest BCUT2D eigenvalue weighted by atomic mass is 35.5. The quantitative estimate of drug-likeness (QED) is 0.383. The minimum absolute atomic E-state index is 0.500. The van der Waals surface area contributed by atoms with Gasteiger partial charge in [-0.25, -0.2) is 9.97 Å². The van der Waals surface area contributed by atoms with Crippen LogP contribution in [0.4, 0.5) is 5.82 Å². The molecule has 0 fully saturated rings. The van der Waals surface area contributed by atoms with Gasteiger partial charge in [0.15, 0.2) is 11.4 Å². The molecule has 0 saturated heterocycles. The molecule has 1 aromatic carbocycles. The molecular formula is C19H19ClN6O. The first-order valence-electron chi connectivity index (χ1n) is 8.83. The maximum Gasteiger partial charge on any atom is 0.197 e. The number of benzene rings is 1. The standard InChI is InChI=1S/C19H19ClN6O/c1-3-4-9-26-18(20)14(12(2)25-26)10-23-24-19-17-16(21-11-22-19)13-7-5-6-8-15(13)27-17/h5-8,10-11H,3-4,9H2,1-2H3,(H,21,22,24)/b23-10-. The van der Waals surface area contributed by atoms with Gasteiger partial charge >= 0.3 is 0 Å². The van der Waals surface area contributed by atoms with Crippen molar-refractivity contribution in [2.75, 3.05) is 5.43 Å². The first kappa shape index (κ1) is 17.5. The van der Waals surface area contributed by atoms with Crippen LogP contribution in [-0.4, -0.2) is 26.0 Å². The number of para-hydroxylation sites is 1. The summed E-state index contributed by atoms with van der Waals surface area (Å²) >= 11 is 6.43. The zero-order chi connectivity index (χ0) is 18.8. The number of rotatable bonds is 6. The number of nitrogens with zero attached hydrogens (tertiary/aromatic N) is 5. The maximum atomic E-state index is 6.43. The number of hydrogen-bond donors (Lipinski definition) is 1. The van der Waals surface area contributed by atoms with E-state index in [0.29, 0.717) is 16.6 Å². The Morgan fingerprint density at radius 3 is 3.00 bits per heavy atom. The third-order valence-corrected chi connectivity index (χ3v) is 4.75. The van der Waals surface area contributed by atoms with E-state index in [1.54, 1.807) is 6.21 Å². The van der Waals surface area contributed by atoms with Crippen molar-refractivity contribution in [2.24, 2.45) is 5.10 Å². The molecule has 0 saturated carbocycles. The summed E-state index contributed by atoms with van der Waals surface area (Å²) in [7, 11) is 0. The van der Waals surface area contributed by atoms with Crippen LogP contribution >= 0.6 is 11.6 Å². The van der Waals surface area contributed by atoms with Crippen LogP contribution in [0.3, 0.4) is 0 Å². The molecule has 0 amide bonds. The van der Waals surface area contributed by atoms with Crippen LogP contribution in [0.25, 0.3) is 22.1 Å². The Morgan fingerprint density at radius 2 is 2.15 bits per heavy atom. The number of fused-ring (bicyclic) bond motifs is 3. The molecular weight excluding hydrogens is 364 g/mol. The van der Waals surface area contributed by atoms with Gasteiger partial charge in [-0.3, -0.25) is 10.1 Å². The molecule has 3 heterocycles. The van der Waals surface area contributed by atoms with Crippen molar-refractivity contribution in [3.63, 3.8) is 0 Å². The monoisotopic (exact) mass is 382 g/mol. The Bertz CT molecular complexity index is 1130. The summed E-state index contributed by atoms with van der Waals surface area (Å²) in [6.45, 7) is 4.85. The molecule has 0 bridgehead atoms. The normalized spacial score (nSPS) is 11.8. The van der Waals surface area contributed by atoms with Crippen molar-refractivity contribution >= 4 is 45.7 Å². The Hall–Kier alpha value is -2.93. The van der Waals surface area contributed by atoms with Gasteiger partial charge in [-0.1, -0.05) is 37.1 Å². The molecule has 4 aromatic rings. The summed E-state index contributed by atoms with van der Waals surface area (Å²) in [5.41, 5.74) is 6.63. The predicted octanol–water partition coefficient (Wildman–Crippen LogP) is 4.78. The number of halogens is 1. The Balaban J connectivity index is 1.61. The number of anilines is 1. The van der Waals surface area contributed by atoms with Gasteiger partial charge in [0.05, 0.1) is 17.5 Å². The summed E-state index contributed by atoms with van der Waals surface area (Å²) < 4.78 is 7.69. The number of hydrogen-bond acceptors (Lipinski definition) is 6. The second kappa shape index (κ2) is 7.36. The van der Waals surface area contributed by atoms with Crippen LogP contribution < -0.4 is 5.43 Å². The van der Waals surface area contributed by atoms with Crippen molar-refractivity contribution in [1.82, 2.24) is 19.7 Å². The summed E-state index contributed by atoms with van der Waals surface area (Å²) in [6, 6.07) is 7.74. The molecule has 7 nitrogen and oxygen atoms in total. The number of unbranched alkanes of at least 4 members (excludes halogenated alkanes) is 1. The third kappa shape index (κ3) is 3.26. The van der Waals surface area contributed by atoms with Crippen LogP contribution in [0, 0.1) is 6.92 Å². The van der Waals surface area contributed by atoms with Crippen LogP contribution in [0.15, 0.2) is 40.1 Å². The van der Waals surface area contributed by atoms with Crippen LogP contribution in [0.1, 0.15) is 31.0 Å². The van der Waals surface area contributed by atoms with E-state index >= 15 is 0 Å². The van der Waals surface area contributed by atoms with Crippen LogP contribution in [0.5, 0.6) is 0 Å². The lowest BCUT2D eigenvalue weighted by Gasteiger charge is -2.01. The smallest absolute Gasteiger partial charge is 0.197 e. The van der Waals surface area contributed by atoms with E-state index in [4.69, 9.17) is 16.0 Å². The van der Waals surface area contributed by atoms with Crippen molar-refractivity contribution in [3.05, 3.63) is 47.0 Å². The molecule has 138 valence electrons. The summed E-state index contributed by atoms with van der Waals surface area (Å²) in [4.78, 5) is 8.57. The number of hydrazone groups is 1. The van der Waals surface area contributed by atoms with E-state index in [1.165, 1.54) is 6.33 Å². The molecule has 0 radical (unpaired) electrons. The van der Waals surface area contributed by atoms with Crippen LogP contribution in [0.2, 0.25) is 5.15 Å². The number of aryl methyl sites for hydroxylation is 2. The van der Waals surface area contributed by atoms with Gasteiger partial charge in [-0.15, -0.1) is 0 Å². The highest BCUT2D eigenvalue weighted by Gasteiger charge is 2.13. The van der Waals surface area contributed by atoms with Gasteiger partial charge < -0.3 is 4.42 Å². The molecule has 0 aliphatic heterocycles. The van der Waals surface area contributed by atoms with E-state index in [0.717, 1.165) is 47.1 Å². The highest BCUT2D eigenvalue weighted by molar-refractivity contribution is 6.32. The Labute approximate surface area is 161 Å². The van der Waals surface area contributed by atoms with Gasteiger partial charge in [0.25, 0.3) is 0 Å². The zero-order valence-corrected chi connectivity index (χ0v) is 15.9. The SMILES string of the molecule is CCCCn1nc(C)c(/C=N\Nc2ncnc3c2oc2ccccc23)c1Cl. The van der Waals surface area contributed by atoms with Gasteiger partial charge in [-0.05, 0) is 25.5 Å². The van der Waals surface area contributed by atoms with Crippen LogP contribution in [-0.2, 0) is 6.54 Å². The van der Waals surface area contributed by atoms with E-state index in [9.17, 15) is 0 Å². The van der Waals surface area contributed by atoms with Crippen molar-refractivity contribution in [2.45, 2.75) is 33.2 Å². The lowest BCUT2D eigenvalue weighted by molar-refractivity contribution is 0.569. The minimum atomic E-state index is 0.500. The van der Waals surface area contributed by atoms with Gasteiger partial charge in [-0.2, -0.15) is 10.2 Å². The average Bonchev–Trinajstić information content (AvgIpc) is 3.19. The Kier molecular flexibility index (Phi) is 4.77. The molecule has 0 aliphatic carbocycles. The minimum Gasteiger partial charge on any atom is -0.450 e. The van der Waals surface area contributed by atoms with Gasteiger partial charge in [0, 0.05) is 11.9 Å². The summed E-state index contributed by atoms with van der Waals surface area (Å²) in [5, 5.41) is 10.3. The number of aromatic nitrogens is 4. The van der Waals surface area contributed by atoms with E-state index in [2.05, 4.69) is 32.5 Å². The third-order valence-electron chi connectivity index (χ3n) is 4.35. The summed E-state index contributed by atoms with van der Waals surface area (Å²) in [5.74, 6) is 0.500. The molecule has 0 atom stereocenters. The van der Waals surface area contributed by atoms with E-state index < -0.39 is 0 Å². The van der Waals surface area contributed by atoms with E-state index in [-0.39, 0.29) is 0 Å². The fourth-order valence-electron chi connectivity index (χ4n) is 2.93. The summed E-state index contributed by atoms with van der Waals surface area (Å²) in [6.07, 6.45) is 5.26. The molecule has 0 aliphatic rings. The predicted molar refractivity (Wildman–Crippen MR) is 107 cm³/mol. The zero-order valence-electron chi connectivity index (χ0n) is 15.1. The molecule has 8 heteroatoms. The van der Waals surface area contributed by atoms with Gasteiger partial charge in [0.2, 0.25) is 0 Å². The van der Waals surface area contributed by atoms with Crippen molar-refractivity contribution in [1.29, 1.82) is 0 Å². The second-order valence-electron chi connectivity index (χ2n) is 6.23. The lowest BCUT2D eigenvalue weighted by atomic mass is 10.2. The van der Waals surface area contributed by atoms with Crippen molar-refractivity contribution in [3.8, 4) is 0 Å². The lowest BCUT2D eigenvalue weighted by Crippen LogP contribution is -2.00. The number of furan rings is 1. The average molecular weight is 383 g/mol. The van der Waals surface area contributed by atoms with Gasteiger partial charge in [0.1, 0.15) is 22.6 Å². The molecule has 27 heavy (non-hydrogen) atoms. The fourth-order valence-corrected chi connectivity index (χ4v) is 3.24. The second-order valence-corrected chi connectivity index (χ2v) is 6.59. The largest absolute Gasteiger partial charge is 0.450 e. The highest BCUT2D eigenvalue weighted by Crippen LogP contribution is 2.30. The molecule has 1 N–H and O–H groups in total. The molecule has 3 aromatic heterocycles. The first-order valence-corrected chi connectivity index (χ1v) is 9.21. The first-order chi connectivity index (χ1) is 13.2. The number of nitrogens with one attached hydrogen (secondary N) is 1. The molecule has 4 rings (SSSR count). The molecule has 0 spiro atoms. The maximum absolute atomic E-state index is 6.43. The molecule has 0 unspecified atom stereocenters. The fraction of sp³-hybridized carbons (Fsp3) is 0.263. The van der Waals surface area contributed by atoms with Crippen molar-refractivity contribution < 1.29 is 4.42 Å². The topological polar surface area (TPSA) is 81.1 Å².